The Labute approximate surface area is 113 Å². The lowest BCUT2D eigenvalue weighted by atomic mass is 10.2. The zero-order valence-electron chi connectivity index (χ0n) is 10.7. The molecule has 0 bridgehead atoms. The smallest absolute Gasteiger partial charge is 0.454 e. The molecule has 11 heteroatoms. The summed E-state index contributed by atoms with van der Waals surface area (Å²) in [6.45, 7) is 4.88. The van der Waals surface area contributed by atoms with Crippen LogP contribution in [0.1, 0.15) is 0 Å². The maximum absolute atomic E-state index is 13.5. The third kappa shape index (κ3) is 3.46. The Balaban J connectivity index is 5.40. The van der Waals surface area contributed by atoms with E-state index in [-0.39, 0.29) is 14.2 Å². The monoisotopic (exact) mass is 330 g/mol. The van der Waals surface area contributed by atoms with Crippen molar-refractivity contribution in [1.29, 1.82) is 0 Å². The number of halogens is 8. The number of alkyl halides is 8. The van der Waals surface area contributed by atoms with Gasteiger partial charge < -0.3 is 14.2 Å². The van der Waals surface area contributed by atoms with E-state index in [2.05, 4.69) is 27.4 Å². The molecule has 0 fully saturated rings. The molecule has 0 aromatic carbocycles. The minimum absolute atomic E-state index is 0.258. The highest BCUT2D eigenvalue weighted by atomic mass is 19.4. The fourth-order valence-electron chi connectivity index (χ4n) is 1.06. The van der Waals surface area contributed by atoms with Gasteiger partial charge in [0.25, 0.3) is 0 Å². The van der Waals surface area contributed by atoms with Crippen LogP contribution in [0.4, 0.5) is 35.1 Å². The van der Waals surface area contributed by atoms with Crippen molar-refractivity contribution >= 4 is 0 Å². The lowest BCUT2D eigenvalue weighted by Crippen LogP contribution is -2.48. The molecule has 0 aromatic heterocycles. The first-order chi connectivity index (χ1) is 9.17. The average Bonchev–Trinajstić information content (AvgIpc) is 2.33. The predicted molar refractivity (Wildman–Crippen MR) is 53.2 cm³/mol. The normalized spacial score (nSPS) is 18.6. The van der Waals surface area contributed by atoms with Crippen LogP contribution in [-0.4, -0.2) is 38.3 Å². The first kappa shape index (κ1) is 19.6. The Hall–Kier alpha value is -1.36. The fourth-order valence-corrected chi connectivity index (χ4v) is 1.06. The molecule has 2 atom stereocenters. The lowest BCUT2D eigenvalue weighted by molar-refractivity contribution is -0.331. The maximum Gasteiger partial charge on any atom is 0.456 e. The summed E-state index contributed by atoms with van der Waals surface area (Å²) in [7, 11) is 0.515. The van der Waals surface area contributed by atoms with Gasteiger partial charge in [-0.2, -0.15) is 35.1 Å². The minimum Gasteiger partial charge on any atom is -0.454 e. The highest BCUT2D eigenvalue weighted by Gasteiger charge is 2.64. The topological polar surface area (TPSA) is 27.7 Å². The molecule has 0 amide bonds. The van der Waals surface area contributed by atoms with Gasteiger partial charge in [0.2, 0.25) is 0 Å². The van der Waals surface area contributed by atoms with Gasteiger partial charge in [-0.15, -0.1) is 0 Å². The second-order valence-corrected chi connectivity index (χ2v) is 3.54. The van der Waals surface area contributed by atoms with E-state index in [9.17, 15) is 35.1 Å². The first-order valence-electron chi connectivity index (χ1n) is 4.85. The summed E-state index contributed by atoms with van der Waals surface area (Å²) < 4.78 is 112. The summed E-state index contributed by atoms with van der Waals surface area (Å²) in [5.74, 6) is -13.3. The number of methoxy groups -OCH3 is 2. The standard InChI is InChI=1S/C10H10F8O3/c1-5(7(11,19-3)9(13,14)15)21-6(2)8(12,20-4)10(16,17)18/h1-2H2,3-4H3. The molecule has 0 saturated carbocycles. The molecule has 0 heterocycles. The van der Waals surface area contributed by atoms with Gasteiger partial charge in [0.05, 0.1) is 0 Å². The molecule has 0 radical (unpaired) electrons. The summed E-state index contributed by atoms with van der Waals surface area (Å²) in [5, 5.41) is 0. The van der Waals surface area contributed by atoms with Crippen LogP contribution in [0.15, 0.2) is 24.7 Å². The summed E-state index contributed by atoms with van der Waals surface area (Å²) >= 11 is 0. The summed E-state index contributed by atoms with van der Waals surface area (Å²) in [5.41, 5.74) is 0. The number of rotatable bonds is 6. The average molecular weight is 330 g/mol. The molecule has 0 saturated heterocycles. The molecule has 0 spiro atoms. The van der Waals surface area contributed by atoms with Gasteiger partial charge in [0.15, 0.2) is 11.5 Å². The molecular formula is C10H10F8O3. The molecule has 124 valence electrons. The zero-order valence-corrected chi connectivity index (χ0v) is 10.7. The van der Waals surface area contributed by atoms with Crippen molar-refractivity contribution in [2.24, 2.45) is 0 Å². The van der Waals surface area contributed by atoms with E-state index in [1.807, 2.05) is 0 Å². The van der Waals surface area contributed by atoms with Crippen molar-refractivity contribution in [2.45, 2.75) is 24.1 Å². The molecule has 0 aliphatic carbocycles. The molecule has 0 aliphatic rings. The van der Waals surface area contributed by atoms with Crippen LogP contribution in [0.25, 0.3) is 0 Å². The molecule has 0 aliphatic heterocycles. The van der Waals surface area contributed by atoms with Crippen LogP contribution in [0.5, 0.6) is 0 Å². The van der Waals surface area contributed by atoms with Gasteiger partial charge in [-0.25, -0.2) is 0 Å². The summed E-state index contributed by atoms with van der Waals surface area (Å²) in [6, 6.07) is 0. The van der Waals surface area contributed by atoms with Crippen molar-refractivity contribution in [2.75, 3.05) is 14.2 Å². The zero-order chi connectivity index (χ0) is 17.3. The molecule has 21 heavy (non-hydrogen) atoms. The van der Waals surface area contributed by atoms with Crippen LogP contribution >= 0.6 is 0 Å². The third-order valence-corrected chi connectivity index (χ3v) is 2.26. The van der Waals surface area contributed by atoms with Crippen molar-refractivity contribution in [3.8, 4) is 0 Å². The summed E-state index contributed by atoms with van der Waals surface area (Å²) in [4.78, 5) is 0. The third-order valence-electron chi connectivity index (χ3n) is 2.26. The van der Waals surface area contributed by atoms with Gasteiger partial charge in [-0.1, -0.05) is 13.2 Å². The first-order valence-corrected chi connectivity index (χ1v) is 4.85. The molecule has 0 rings (SSSR count). The van der Waals surface area contributed by atoms with Crippen molar-refractivity contribution in [3.63, 3.8) is 0 Å². The Morgan fingerprint density at radius 2 is 0.905 bits per heavy atom. The van der Waals surface area contributed by atoms with E-state index in [0.29, 0.717) is 0 Å². The Morgan fingerprint density at radius 1 is 0.667 bits per heavy atom. The summed E-state index contributed by atoms with van der Waals surface area (Å²) in [6.07, 6.45) is -11.5. The highest BCUT2D eigenvalue weighted by Crippen LogP contribution is 2.45. The highest BCUT2D eigenvalue weighted by molar-refractivity contribution is 5.13. The van der Waals surface area contributed by atoms with Crippen LogP contribution in [0.3, 0.4) is 0 Å². The molecule has 0 aromatic rings. The van der Waals surface area contributed by atoms with E-state index in [4.69, 9.17) is 0 Å². The van der Waals surface area contributed by atoms with Gasteiger partial charge in [-0.3, -0.25) is 0 Å². The molecular weight excluding hydrogens is 320 g/mol. The SMILES string of the molecule is C=C(OC(=C)C(F)(OC)C(F)(F)F)C(F)(OC)C(F)(F)F. The Morgan fingerprint density at radius 3 is 1.05 bits per heavy atom. The van der Waals surface area contributed by atoms with Gasteiger partial charge >= 0.3 is 24.1 Å². The molecule has 0 N–H and O–H groups in total. The van der Waals surface area contributed by atoms with Crippen LogP contribution in [0.2, 0.25) is 0 Å². The van der Waals surface area contributed by atoms with Crippen molar-refractivity contribution in [1.82, 2.24) is 0 Å². The van der Waals surface area contributed by atoms with E-state index in [1.165, 1.54) is 0 Å². The predicted octanol–water partition coefficient (Wildman–Crippen LogP) is 3.78. The van der Waals surface area contributed by atoms with Gasteiger partial charge in [-0.05, 0) is 0 Å². The van der Waals surface area contributed by atoms with Crippen molar-refractivity contribution in [3.05, 3.63) is 24.7 Å². The minimum atomic E-state index is -5.73. The Bertz CT molecular complexity index is 378. The van der Waals surface area contributed by atoms with E-state index in [1.54, 1.807) is 0 Å². The van der Waals surface area contributed by atoms with Gasteiger partial charge in [0.1, 0.15) is 0 Å². The number of hydrogen-bond acceptors (Lipinski definition) is 3. The molecule has 2 unspecified atom stereocenters. The maximum atomic E-state index is 13.5. The number of ether oxygens (including phenoxy) is 3. The van der Waals surface area contributed by atoms with Gasteiger partial charge in [0, 0.05) is 14.2 Å². The number of hydrogen-bond donors (Lipinski definition) is 0. The van der Waals surface area contributed by atoms with Crippen LogP contribution in [-0.2, 0) is 14.2 Å². The quantitative estimate of drug-likeness (QED) is 0.548. The molecule has 3 nitrogen and oxygen atoms in total. The Kier molecular flexibility index (Phi) is 5.42. The lowest BCUT2D eigenvalue weighted by Gasteiger charge is -2.31. The van der Waals surface area contributed by atoms with E-state index < -0.39 is 35.6 Å². The largest absolute Gasteiger partial charge is 0.456 e. The van der Waals surface area contributed by atoms with E-state index in [0.717, 1.165) is 0 Å². The van der Waals surface area contributed by atoms with E-state index >= 15 is 0 Å². The van der Waals surface area contributed by atoms with Crippen molar-refractivity contribution < 1.29 is 49.3 Å². The second-order valence-electron chi connectivity index (χ2n) is 3.54. The second kappa shape index (κ2) is 5.79. The fraction of sp³-hybridized carbons (Fsp3) is 0.600. The van der Waals surface area contributed by atoms with Crippen LogP contribution < -0.4 is 0 Å². The van der Waals surface area contributed by atoms with Crippen LogP contribution in [0, 0.1) is 0 Å².